The third kappa shape index (κ3) is 5.58. The van der Waals surface area contributed by atoms with E-state index in [-0.39, 0.29) is 5.97 Å². The van der Waals surface area contributed by atoms with Gasteiger partial charge in [0.2, 0.25) is 0 Å². The molecule has 1 aliphatic carbocycles. The molecule has 1 N–H and O–H groups in total. The summed E-state index contributed by atoms with van der Waals surface area (Å²) < 4.78 is 6.07. The SMILES string of the molecule is COC(=O)c1ccc(CN2CCC(CNC3CC3c3ccc(I)cc3)CC2)cc1. The molecule has 4 rings (SSSR count). The average Bonchev–Trinajstić information content (AvgIpc) is 3.53. The Kier molecular flexibility index (Phi) is 6.88. The van der Waals surface area contributed by atoms with Crippen molar-refractivity contribution in [3.8, 4) is 0 Å². The molecule has 0 bridgehead atoms. The number of carbonyl (C=O) groups excluding carboxylic acids is 1. The van der Waals surface area contributed by atoms with Gasteiger partial charge in [-0.2, -0.15) is 0 Å². The van der Waals surface area contributed by atoms with E-state index in [1.54, 1.807) is 0 Å². The lowest BCUT2D eigenvalue weighted by Gasteiger charge is -2.32. The topological polar surface area (TPSA) is 41.6 Å². The summed E-state index contributed by atoms with van der Waals surface area (Å²) in [5.74, 6) is 1.22. The van der Waals surface area contributed by atoms with Crippen molar-refractivity contribution >= 4 is 28.6 Å². The second-order valence-corrected chi connectivity index (χ2v) is 9.56. The van der Waals surface area contributed by atoms with Gasteiger partial charge in [0.05, 0.1) is 12.7 Å². The number of carbonyl (C=O) groups is 1. The number of halogens is 1. The Morgan fingerprint density at radius 1 is 1.10 bits per heavy atom. The van der Waals surface area contributed by atoms with Gasteiger partial charge in [0.25, 0.3) is 0 Å². The van der Waals surface area contributed by atoms with Crippen LogP contribution in [0.25, 0.3) is 0 Å². The predicted octanol–water partition coefficient (Wildman–Crippen LogP) is 4.44. The first-order valence-corrected chi connectivity index (χ1v) is 11.6. The Balaban J connectivity index is 1.16. The number of likely N-dealkylation sites (tertiary alicyclic amines) is 1. The van der Waals surface area contributed by atoms with Crippen LogP contribution in [0.5, 0.6) is 0 Å². The van der Waals surface area contributed by atoms with Crippen molar-refractivity contribution in [2.75, 3.05) is 26.7 Å². The van der Waals surface area contributed by atoms with E-state index in [0.717, 1.165) is 32.1 Å². The molecule has 2 aromatic rings. The fourth-order valence-electron chi connectivity index (χ4n) is 4.29. The Morgan fingerprint density at radius 3 is 2.45 bits per heavy atom. The molecule has 0 aromatic heterocycles. The van der Waals surface area contributed by atoms with E-state index in [4.69, 9.17) is 4.74 Å². The molecule has 1 saturated heterocycles. The van der Waals surface area contributed by atoms with Crippen molar-refractivity contribution in [3.05, 3.63) is 68.8 Å². The fraction of sp³-hybridized carbons (Fsp3) is 0.458. The zero-order valence-electron chi connectivity index (χ0n) is 16.9. The van der Waals surface area contributed by atoms with Gasteiger partial charge < -0.3 is 10.1 Å². The first-order valence-electron chi connectivity index (χ1n) is 10.5. The van der Waals surface area contributed by atoms with Crippen molar-refractivity contribution in [1.82, 2.24) is 10.2 Å². The first kappa shape index (κ1) is 20.8. The number of nitrogens with zero attached hydrogens (tertiary/aromatic N) is 1. The summed E-state index contributed by atoms with van der Waals surface area (Å²) in [5, 5.41) is 3.81. The molecule has 0 spiro atoms. The van der Waals surface area contributed by atoms with Crippen molar-refractivity contribution in [1.29, 1.82) is 0 Å². The third-order valence-corrected chi connectivity index (χ3v) is 6.96. The lowest BCUT2D eigenvalue weighted by atomic mass is 9.96. The van der Waals surface area contributed by atoms with Crippen LogP contribution in [0.2, 0.25) is 0 Å². The van der Waals surface area contributed by atoms with Gasteiger partial charge in [-0.15, -0.1) is 0 Å². The van der Waals surface area contributed by atoms with Crippen molar-refractivity contribution in [2.24, 2.45) is 5.92 Å². The summed E-state index contributed by atoms with van der Waals surface area (Å²) >= 11 is 2.37. The molecule has 154 valence electrons. The monoisotopic (exact) mass is 504 g/mol. The number of nitrogens with one attached hydrogen (secondary N) is 1. The third-order valence-electron chi connectivity index (χ3n) is 6.25. The standard InChI is InChI=1S/C24H29IN2O2/c1-29-24(28)20-4-2-18(3-5-20)16-27-12-10-17(11-13-27)15-26-23-14-22(23)19-6-8-21(25)9-7-19/h2-9,17,22-23,26H,10-16H2,1H3. The van der Waals surface area contributed by atoms with E-state index < -0.39 is 0 Å². The quantitative estimate of drug-likeness (QED) is 0.448. The maximum atomic E-state index is 11.5. The molecule has 2 fully saturated rings. The minimum atomic E-state index is -0.273. The molecule has 0 radical (unpaired) electrons. The van der Waals surface area contributed by atoms with E-state index in [2.05, 4.69) is 57.1 Å². The van der Waals surface area contributed by atoms with Crippen LogP contribution in [0.3, 0.4) is 0 Å². The van der Waals surface area contributed by atoms with Crippen molar-refractivity contribution in [2.45, 2.75) is 37.8 Å². The van der Waals surface area contributed by atoms with Gasteiger partial charge in [-0.1, -0.05) is 24.3 Å². The van der Waals surface area contributed by atoms with Crippen LogP contribution in [-0.2, 0) is 11.3 Å². The molecule has 1 saturated carbocycles. The fourth-order valence-corrected chi connectivity index (χ4v) is 4.65. The number of piperidine rings is 1. The van der Waals surface area contributed by atoms with Gasteiger partial charge >= 0.3 is 5.97 Å². The summed E-state index contributed by atoms with van der Waals surface area (Å²) in [7, 11) is 1.42. The second kappa shape index (κ2) is 9.58. The summed E-state index contributed by atoms with van der Waals surface area (Å²) in [5.41, 5.74) is 3.35. The Bertz CT molecular complexity index is 814. The van der Waals surface area contributed by atoms with Crippen LogP contribution in [-0.4, -0.2) is 43.7 Å². The smallest absolute Gasteiger partial charge is 0.337 e. The van der Waals surface area contributed by atoms with Crippen molar-refractivity contribution in [3.63, 3.8) is 0 Å². The number of esters is 1. The van der Waals surface area contributed by atoms with Crippen LogP contribution >= 0.6 is 22.6 Å². The van der Waals surface area contributed by atoms with Gasteiger partial charge in [0.1, 0.15) is 0 Å². The molecule has 2 aliphatic rings. The molecule has 29 heavy (non-hydrogen) atoms. The summed E-state index contributed by atoms with van der Waals surface area (Å²) in [6.07, 6.45) is 3.79. The largest absolute Gasteiger partial charge is 0.465 e. The summed E-state index contributed by atoms with van der Waals surface area (Å²) in [4.78, 5) is 14.1. The van der Waals surface area contributed by atoms with E-state index in [1.165, 1.54) is 41.1 Å². The highest BCUT2D eigenvalue weighted by molar-refractivity contribution is 14.1. The highest BCUT2D eigenvalue weighted by Gasteiger charge is 2.38. The van der Waals surface area contributed by atoms with Crippen LogP contribution in [0.1, 0.15) is 46.7 Å². The number of rotatable bonds is 7. The van der Waals surface area contributed by atoms with Gasteiger partial charge in [-0.25, -0.2) is 4.79 Å². The molecule has 1 heterocycles. The minimum Gasteiger partial charge on any atom is -0.465 e. The number of benzene rings is 2. The molecule has 4 nitrogen and oxygen atoms in total. The number of hydrogen-bond donors (Lipinski definition) is 1. The Morgan fingerprint density at radius 2 is 1.79 bits per heavy atom. The van der Waals surface area contributed by atoms with Crippen molar-refractivity contribution < 1.29 is 9.53 Å². The Hall–Kier alpha value is -1.44. The van der Waals surface area contributed by atoms with Gasteiger partial charge in [-0.05, 0) is 103 Å². The maximum Gasteiger partial charge on any atom is 0.337 e. The van der Waals surface area contributed by atoms with E-state index in [9.17, 15) is 4.79 Å². The van der Waals surface area contributed by atoms with Crippen LogP contribution in [0.15, 0.2) is 48.5 Å². The molecule has 0 amide bonds. The van der Waals surface area contributed by atoms with E-state index in [0.29, 0.717) is 17.5 Å². The normalized spacial score (nSPS) is 22.4. The minimum absolute atomic E-state index is 0.273. The highest BCUT2D eigenvalue weighted by Crippen LogP contribution is 2.41. The van der Waals surface area contributed by atoms with Crippen LogP contribution < -0.4 is 5.32 Å². The summed E-state index contributed by atoms with van der Waals surface area (Å²) in [6, 6.07) is 17.5. The van der Waals surface area contributed by atoms with Gasteiger partial charge in [0, 0.05) is 22.1 Å². The molecule has 2 aromatic carbocycles. The highest BCUT2D eigenvalue weighted by atomic mass is 127. The van der Waals surface area contributed by atoms with Crippen LogP contribution in [0.4, 0.5) is 0 Å². The maximum absolute atomic E-state index is 11.5. The molecule has 2 unspecified atom stereocenters. The van der Waals surface area contributed by atoms with E-state index >= 15 is 0 Å². The second-order valence-electron chi connectivity index (χ2n) is 8.32. The molecule has 2 atom stereocenters. The molecular formula is C24H29IN2O2. The lowest BCUT2D eigenvalue weighted by Crippen LogP contribution is -2.37. The molecule has 5 heteroatoms. The summed E-state index contributed by atoms with van der Waals surface area (Å²) in [6.45, 7) is 4.40. The number of methoxy groups -OCH3 is 1. The molecule has 1 aliphatic heterocycles. The van der Waals surface area contributed by atoms with Crippen LogP contribution in [0, 0.1) is 9.49 Å². The number of hydrogen-bond acceptors (Lipinski definition) is 4. The van der Waals surface area contributed by atoms with Gasteiger partial charge in [0.15, 0.2) is 0 Å². The zero-order chi connectivity index (χ0) is 20.2. The zero-order valence-corrected chi connectivity index (χ0v) is 19.1. The lowest BCUT2D eigenvalue weighted by molar-refractivity contribution is 0.0600. The predicted molar refractivity (Wildman–Crippen MR) is 124 cm³/mol. The first-order chi connectivity index (χ1) is 14.1. The van der Waals surface area contributed by atoms with Gasteiger partial charge in [-0.3, -0.25) is 4.90 Å². The number of ether oxygens (including phenoxy) is 1. The van der Waals surface area contributed by atoms with E-state index in [1.807, 2.05) is 24.3 Å². The molecular weight excluding hydrogens is 475 g/mol. The average molecular weight is 504 g/mol. The Labute approximate surface area is 187 Å².